The molecule has 1 aliphatic heterocycles. The summed E-state index contributed by atoms with van der Waals surface area (Å²) in [7, 11) is 0. The second kappa shape index (κ2) is 7.96. The van der Waals surface area contributed by atoms with Crippen molar-refractivity contribution in [2.24, 2.45) is 0 Å². The number of likely N-dealkylation sites (tertiary alicyclic amines) is 1. The van der Waals surface area contributed by atoms with Crippen molar-refractivity contribution in [3.63, 3.8) is 0 Å². The van der Waals surface area contributed by atoms with Gasteiger partial charge in [0.1, 0.15) is 5.82 Å². The Labute approximate surface area is 126 Å². The molecule has 0 spiro atoms. The van der Waals surface area contributed by atoms with Gasteiger partial charge in [-0.3, -0.25) is 0 Å². The van der Waals surface area contributed by atoms with Gasteiger partial charge in [-0.2, -0.15) is 0 Å². The average Bonchev–Trinajstić information content (AvgIpc) is 2.45. The highest BCUT2D eigenvalue weighted by Crippen LogP contribution is 2.19. The number of piperidine rings is 1. The molecule has 1 N–H and O–H groups in total. The third-order valence-electron chi connectivity index (χ3n) is 4.09. The first-order chi connectivity index (χ1) is 9.68. The zero-order chi connectivity index (χ0) is 14.4. The van der Waals surface area contributed by atoms with Crippen LogP contribution in [-0.2, 0) is 6.54 Å². The van der Waals surface area contributed by atoms with Crippen LogP contribution in [0.2, 0.25) is 5.02 Å². The molecule has 112 valence electrons. The summed E-state index contributed by atoms with van der Waals surface area (Å²) in [6.45, 7) is 6.27. The van der Waals surface area contributed by atoms with Crippen LogP contribution in [0, 0.1) is 5.82 Å². The van der Waals surface area contributed by atoms with Crippen LogP contribution in [0.5, 0.6) is 0 Å². The van der Waals surface area contributed by atoms with Crippen LogP contribution in [0.3, 0.4) is 0 Å². The maximum atomic E-state index is 13.3. The van der Waals surface area contributed by atoms with E-state index < -0.39 is 0 Å². The molecule has 0 saturated carbocycles. The summed E-state index contributed by atoms with van der Waals surface area (Å²) in [5, 5.41) is 3.59. The highest BCUT2D eigenvalue weighted by molar-refractivity contribution is 6.31. The van der Waals surface area contributed by atoms with Crippen LogP contribution in [0.25, 0.3) is 0 Å². The molecular weight excluding hydrogens is 275 g/mol. The Hall–Kier alpha value is -0.640. The quantitative estimate of drug-likeness (QED) is 0.803. The second-order valence-electron chi connectivity index (χ2n) is 5.62. The molecule has 20 heavy (non-hydrogen) atoms. The fourth-order valence-electron chi connectivity index (χ4n) is 2.80. The fraction of sp³-hybridized carbons (Fsp3) is 0.625. The molecule has 0 bridgehead atoms. The number of hydrogen-bond acceptors (Lipinski definition) is 2. The van der Waals surface area contributed by atoms with E-state index in [9.17, 15) is 4.39 Å². The molecule has 2 rings (SSSR count). The van der Waals surface area contributed by atoms with Gasteiger partial charge >= 0.3 is 0 Å². The van der Waals surface area contributed by atoms with Crippen LogP contribution in [-0.4, -0.2) is 30.6 Å². The molecule has 2 nitrogen and oxygen atoms in total. The molecule has 1 atom stereocenters. The fourth-order valence-corrected chi connectivity index (χ4v) is 3.00. The SMILES string of the molecule is CC1CCCCN1CCCNCc1cccc(F)c1Cl. The monoisotopic (exact) mass is 298 g/mol. The number of nitrogens with one attached hydrogen (secondary N) is 1. The van der Waals surface area contributed by atoms with Crippen LogP contribution >= 0.6 is 11.6 Å². The molecule has 0 radical (unpaired) electrons. The number of nitrogens with zero attached hydrogens (tertiary/aromatic N) is 1. The van der Waals surface area contributed by atoms with Crippen LogP contribution in [0.4, 0.5) is 4.39 Å². The van der Waals surface area contributed by atoms with E-state index in [0.29, 0.717) is 6.54 Å². The number of hydrogen-bond donors (Lipinski definition) is 1. The van der Waals surface area contributed by atoms with E-state index in [1.165, 1.54) is 31.9 Å². The lowest BCUT2D eigenvalue weighted by molar-refractivity contribution is 0.159. The molecule has 1 saturated heterocycles. The Morgan fingerprint density at radius 1 is 1.40 bits per heavy atom. The maximum Gasteiger partial charge on any atom is 0.142 e. The van der Waals surface area contributed by atoms with Crippen molar-refractivity contribution in [3.05, 3.63) is 34.6 Å². The predicted molar refractivity (Wildman–Crippen MR) is 82.6 cm³/mol. The number of benzene rings is 1. The van der Waals surface area contributed by atoms with Crippen molar-refractivity contribution < 1.29 is 4.39 Å². The lowest BCUT2D eigenvalue weighted by Gasteiger charge is -2.33. The first-order valence-corrected chi connectivity index (χ1v) is 7.94. The lowest BCUT2D eigenvalue weighted by atomic mass is 10.0. The Bertz CT molecular complexity index is 425. The van der Waals surface area contributed by atoms with Crippen molar-refractivity contribution in [2.45, 2.75) is 45.2 Å². The van der Waals surface area contributed by atoms with Gasteiger partial charge in [0, 0.05) is 12.6 Å². The zero-order valence-corrected chi connectivity index (χ0v) is 12.9. The molecule has 0 aliphatic carbocycles. The van der Waals surface area contributed by atoms with Crippen molar-refractivity contribution in [1.29, 1.82) is 0 Å². The van der Waals surface area contributed by atoms with Gasteiger partial charge in [0.15, 0.2) is 0 Å². The standard InChI is InChI=1S/C16H24ClFN2/c1-13-6-2-3-10-20(13)11-5-9-19-12-14-7-4-8-15(18)16(14)17/h4,7-8,13,19H,2-3,5-6,9-12H2,1H3. The first-order valence-electron chi connectivity index (χ1n) is 7.56. The molecule has 1 unspecified atom stereocenters. The summed E-state index contributed by atoms with van der Waals surface area (Å²) in [4.78, 5) is 2.57. The zero-order valence-electron chi connectivity index (χ0n) is 12.2. The highest BCUT2D eigenvalue weighted by Gasteiger charge is 2.16. The molecular formula is C16H24ClFN2. The highest BCUT2D eigenvalue weighted by atomic mass is 35.5. The van der Waals surface area contributed by atoms with Gasteiger partial charge in [0.25, 0.3) is 0 Å². The van der Waals surface area contributed by atoms with Gasteiger partial charge in [-0.05, 0) is 57.5 Å². The minimum atomic E-state index is -0.340. The number of rotatable bonds is 6. The van der Waals surface area contributed by atoms with Crippen LogP contribution < -0.4 is 5.32 Å². The largest absolute Gasteiger partial charge is 0.313 e. The van der Waals surface area contributed by atoms with Gasteiger partial charge in [-0.15, -0.1) is 0 Å². The molecule has 4 heteroatoms. The topological polar surface area (TPSA) is 15.3 Å². The Balaban J connectivity index is 1.65. The van der Waals surface area contributed by atoms with Crippen molar-refractivity contribution in [1.82, 2.24) is 10.2 Å². The molecule has 0 aromatic heterocycles. The van der Waals surface area contributed by atoms with Gasteiger partial charge in [-0.1, -0.05) is 30.2 Å². The summed E-state index contributed by atoms with van der Waals surface area (Å²) < 4.78 is 13.3. The van der Waals surface area contributed by atoms with E-state index in [-0.39, 0.29) is 10.8 Å². The van der Waals surface area contributed by atoms with E-state index in [1.807, 2.05) is 6.07 Å². The predicted octanol–water partition coefficient (Wildman–Crippen LogP) is 3.83. The van der Waals surface area contributed by atoms with Crippen LogP contribution in [0.15, 0.2) is 18.2 Å². The normalized spacial score (nSPS) is 20.2. The van der Waals surface area contributed by atoms with Gasteiger partial charge in [0.05, 0.1) is 5.02 Å². The summed E-state index contributed by atoms with van der Waals surface area (Å²) in [5.41, 5.74) is 0.831. The van der Waals surface area contributed by atoms with Crippen molar-refractivity contribution in [2.75, 3.05) is 19.6 Å². The van der Waals surface area contributed by atoms with Gasteiger partial charge in [0.2, 0.25) is 0 Å². The van der Waals surface area contributed by atoms with E-state index in [0.717, 1.165) is 31.1 Å². The summed E-state index contributed by atoms with van der Waals surface area (Å²) in [6, 6.07) is 5.68. The molecule has 1 aromatic rings. The minimum Gasteiger partial charge on any atom is -0.313 e. The Morgan fingerprint density at radius 2 is 2.25 bits per heavy atom. The van der Waals surface area contributed by atoms with Crippen molar-refractivity contribution in [3.8, 4) is 0 Å². The third-order valence-corrected chi connectivity index (χ3v) is 4.51. The molecule has 1 fully saturated rings. The lowest BCUT2D eigenvalue weighted by Crippen LogP contribution is -2.38. The van der Waals surface area contributed by atoms with Crippen LogP contribution in [0.1, 0.15) is 38.2 Å². The summed E-state index contributed by atoms with van der Waals surface area (Å²) in [6.07, 6.45) is 5.15. The molecule has 1 aromatic carbocycles. The summed E-state index contributed by atoms with van der Waals surface area (Å²) >= 11 is 5.92. The Kier molecular flexibility index (Phi) is 6.27. The number of halogens is 2. The minimum absolute atomic E-state index is 0.240. The average molecular weight is 299 g/mol. The first kappa shape index (κ1) is 15.7. The summed E-state index contributed by atoms with van der Waals surface area (Å²) in [5.74, 6) is -0.340. The smallest absolute Gasteiger partial charge is 0.142 e. The molecule has 0 amide bonds. The van der Waals surface area contributed by atoms with E-state index >= 15 is 0 Å². The maximum absolute atomic E-state index is 13.3. The van der Waals surface area contributed by atoms with E-state index in [2.05, 4.69) is 17.1 Å². The Morgan fingerprint density at radius 3 is 3.05 bits per heavy atom. The third kappa shape index (κ3) is 4.44. The second-order valence-corrected chi connectivity index (χ2v) is 6.00. The van der Waals surface area contributed by atoms with E-state index in [1.54, 1.807) is 6.07 Å². The van der Waals surface area contributed by atoms with Gasteiger partial charge in [-0.25, -0.2) is 4.39 Å². The van der Waals surface area contributed by atoms with E-state index in [4.69, 9.17) is 11.6 Å². The molecule has 1 aliphatic rings. The van der Waals surface area contributed by atoms with Crippen molar-refractivity contribution >= 4 is 11.6 Å². The molecule has 1 heterocycles. The van der Waals surface area contributed by atoms with Gasteiger partial charge < -0.3 is 10.2 Å².